The van der Waals surface area contributed by atoms with E-state index in [-0.39, 0.29) is 23.5 Å². The molecule has 2 amide bonds. The van der Waals surface area contributed by atoms with Gasteiger partial charge in [-0.1, -0.05) is 6.07 Å². The highest BCUT2D eigenvalue weighted by Crippen LogP contribution is 2.59. The molecule has 2 aromatic rings. The van der Waals surface area contributed by atoms with Gasteiger partial charge in [-0.05, 0) is 37.5 Å². The molecule has 4 aliphatic rings. The summed E-state index contributed by atoms with van der Waals surface area (Å²) < 4.78 is 17.6. The van der Waals surface area contributed by atoms with Crippen molar-refractivity contribution in [2.45, 2.75) is 37.3 Å². The lowest BCUT2D eigenvalue weighted by atomic mass is 9.95. The molecule has 0 radical (unpaired) electrons. The summed E-state index contributed by atoms with van der Waals surface area (Å²) >= 11 is 0. The molecule has 3 fully saturated rings. The SMILES string of the molecule is Cc1ccc(Oc2ccc(N3C(=O)NC4COCC43)cn2)c2c1OCC21CC1. The number of fused-ring (bicyclic) bond motifs is 3. The predicted molar refractivity (Wildman–Crippen MR) is 101 cm³/mol. The fraction of sp³-hybridized carbons (Fsp3) is 0.429. The van der Waals surface area contributed by atoms with E-state index in [4.69, 9.17) is 14.2 Å². The second-order valence-corrected chi connectivity index (χ2v) is 8.14. The molecule has 1 saturated carbocycles. The first-order valence-electron chi connectivity index (χ1n) is 9.73. The number of nitrogens with one attached hydrogen (secondary N) is 1. The van der Waals surface area contributed by atoms with Crippen molar-refractivity contribution < 1.29 is 19.0 Å². The Balaban J connectivity index is 1.28. The normalized spacial score (nSPS) is 26.0. The van der Waals surface area contributed by atoms with Crippen molar-refractivity contribution in [3.05, 3.63) is 41.6 Å². The number of amides is 2. The number of hydrogen-bond acceptors (Lipinski definition) is 5. The van der Waals surface area contributed by atoms with Crippen molar-refractivity contribution in [2.75, 3.05) is 24.7 Å². The number of aryl methyl sites for hydroxylation is 1. The van der Waals surface area contributed by atoms with Gasteiger partial charge >= 0.3 is 6.03 Å². The minimum Gasteiger partial charge on any atom is -0.492 e. The average Bonchev–Trinajstić information content (AvgIpc) is 3.00. The van der Waals surface area contributed by atoms with Gasteiger partial charge in [0.1, 0.15) is 11.5 Å². The molecule has 2 atom stereocenters. The first-order valence-corrected chi connectivity index (χ1v) is 9.73. The van der Waals surface area contributed by atoms with Crippen molar-refractivity contribution >= 4 is 11.7 Å². The third kappa shape index (κ3) is 2.26. The number of aromatic nitrogens is 1. The van der Waals surface area contributed by atoms with Gasteiger partial charge in [0.2, 0.25) is 5.88 Å². The fourth-order valence-electron chi connectivity index (χ4n) is 4.58. The standard InChI is InChI=1S/C21H21N3O4/c1-12-2-4-16(18-19(12)27-11-21(18)6-7-21)28-17-5-3-13(8-22-17)24-15-10-26-9-14(15)23-20(24)25/h2-5,8,14-15H,6-7,9-11H2,1H3,(H,23,25). The number of pyridine rings is 1. The van der Waals surface area contributed by atoms with E-state index < -0.39 is 0 Å². The van der Waals surface area contributed by atoms with Crippen molar-refractivity contribution in [1.82, 2.24) is 10.3 Å². The second-order valence-electron chi connectivity index (χ2n) is 8.14. The Morgan fingerprint density at radius 3 is 2.93 bits per heavy atom. The third-order valence-electron chi connectivity index (χ3n) is 6.32. The molecule has 4 heterocycles. The largest absolute Gasteiger partial charge is 0.492 e. The van der Waals surface area contributed by atoms with Crippen LogP contribution in [0.3, 0.4) is 0 Å². The van der Waals surface area contributed by atoms with Crippen LogP contribution in [0.4, 0.5) is 10.5 Å². The van der Waals surface area contributed by atoms with Crippen LogP contribution in [-0.2, 0) is 10.2 Å². The van der Waals surface area contributed by atoms with Gasteiger partial charge < -0.3 is 19.5 Å². The predicted octanol–water partition coefficient (Wildman–Crippen LogP) is 2.90. The molecule has 144 valence electrons. The number of carbonyl (C=O) groups excluding carboxylic acids is 1. The number of carbonyl (C=O) groups is 1. The molecule has 6 rings (SSSR count). The first kappa shape index (κ1) is 16.2. The van der Waals surface area contributed by atoms with Crippen molar-refractivity contribution in [3.63, 3.8) is 0 Å². The highest BCUT2D eigenvalue weighted by molar-refractivity contribution is 5.95. The summed E-state index contributed by atoms with van der Waals surface area (Å²) in [5.41, 5.74) is 3.20. The third-order valence-corrected chi connectivity index (χ3v) is 6.32. The number of nitrogens with zero attached hydrogens (tertiary/aromatic N) is 2. The maximum absolute atomic E-state index is 12.3. The molecule has 2 saturated heterocycles. The summed E-state index contributed by atoms with van der Waals surface area (Å²) in [4.78, 5) is 18.5. The zero-order chi connectivity index (χ0) is 18.9. The van der Waals surface area contributed by atoms with Gasteiger partial charge in [-0.3, -0.25) is 4.90 Å². The molecule has 1 aromatic heterocycles. The van der Waals surface area contributed by atoms with Crippen LogP contribution >= 0.6 is 0 Å². The van der Waals surface area contributed by atoms with E-state index in [1.54, 1.807) is 11.1 Å². The van der Waals surface area contributed by atoms with E-state index >= 15 is 0 Å². The number of anilines is 1. The molecule has 1 aromatic carbocycles. The van der Waals surface area contributed by atoms with Crippen molar-refractivity contribution in [3.8, 4) is 17.4 Å². The van der Waals surface area contributed by atoms with Gasteiger partial charge in [0.05, 0.1) is 43.8 Å². The Bertz CT molecular complexity index is 970. The molecular formula is C21H21N3O4. The van der Waals surface area contributed by atoms with Crippen LogP contribution in [0.1, 0.15) is 24.0 Å². The summed E-state index contributed by atoms with van der Waals surface area (Å²) in [5.74, 6) is 2.29. The molecule has 28 heavy (non-hydrogen) atoms. The highest BCUT2D eigenvalue weighted by Gasteiger charge is 2.53. The van der Waals surface area contributed by atoms with Crippen LogP contribution in [0.5, 0.6) is 17.4 Å². The van der Waals surface area contributed by atoms with Crippen molar-refractivity contribution in [2.24, 2.45) is 0 Å². The van der Waals surface area contributed by atoms with Gasteiger partial charge in [-0.25, -0.2) is 9.78 Å². The lowest BCUT2D eigenvalue weighted by molar-refractivity contribution is 0.182. The maximum Gasteiger partial charge on any atom is 0.322 e. The molecule has 1 N–H and O–H groups in total. The zero-order valence-electron chi connectivity index (χ0n) is 15.6. The minimum atomic E-state index is -0.0991. The van der Waals surface area contributed by atoms with Crippen LogP contribution < -0.4 is 19.7 Å². The molecule has 1 spiro atoms. The Kier molecular flexibility index (Phi) is 3.24. The number of ether oxygens (including phenoxy) is 3. The van der Waals surface area contributed by atoms with Gasteiger partial charge in [-0.2, -0.15) is 0 Å². The van der Waals surface area contributed by atoms with Crippen LogP contribution in [-0.4, -0.2) is 42.9 Å². The summed E-state index contributed by atoms with van der Waals surface area (Å²) in [6.45, 7) is 3.91. The smallest absolute Gasteiger partial charge is 0.322 e. The Morgan fingerprint density at radius 2 is 2.14 bits per heavy atom. The molecule has 3 aliphatic heterocycles. The lowest BCUT2D eigenvalue weighted by Crippen LogP contribution is -2.36. The number of urea groups is 1. The molecular weight excluding hydrogens is 358 g/mol. The zero-order valence-corrected chi connectivity index (χ0v) is 15.6. The van der Waals surface area contributed by atoms with Gasteiger partial charge in [-0.15, -0.1) is 0 Å². The van der Waals surface area contributed by atoms with E-state index in [1.165, 1.54) is 5.56 Å². The Labute approximate surface area is 162 Å². The quantitative estimate of drug-likeness (QED) is 0.888. The fourth-order valence-corrected chi connectivity index (χ4v) is 4.58. The van der Waals surface area contributed by atoms with Crippen LogP contribution in [0.15, 0.2) is 30.5 Å². The van der Waals surface area contributed by atoms with Crippen LogP contribution in [0.2, 0.25) is 0 Å². The maximum atomic E-state index is 12.3. The highest BCUT2D eigenvalue weighted by atomic mass is 16.5. The van der Waals surface area contributed by atoms with E-state index in [0.717, 1.165) is 42.2 Å². The van der Waals surface area contributed by atoms with E-state index in [9.17, 15) is 4.79 Å². The lowest BCUT2D eigenvalue weighted by Gasteiger charge is -2.21. The molecule has 0 bridgehead atoms. The monoisotopic (exact) mass is 379 g/mol. The molecule has 7 heteroatoms. The summed E-state index contributed by atoms with van der Waals surface area (Å²) in [6.07, 6.45) is 3.97. The second kappa shape index (κ2) is 5.61. The first-order chi connectivity index (χ1) is 13.6. The Morgan fingerprint density at radius 1 is 1.25 bits per heavy atom. The summed E-state index contributed by atoms with van der Waals surface area (Å²) in [6, 6.07) is 7.69. The van der Waals surface area contributed by atoms with Gasteiger partial charge in [0, 0.05) is 17.0 Å². The van der Waals surface area contributed by atoms with E-state index in [0.29, 0.717) is 19.1 Å². The number of hydrogen-bond donors (Lipinski definition) is 1. The van der Waals surface area contributed by atoms with Crippen LogP contribution in [0, 0.1) is 6.92 Å². The van der Waals surface area contributed by atoms with Gasteiger partial charge in [0.25, 0.3) is 0 Å². The van der Waals surface area contributed by atoms with Crippen molar-refractivity contribution in [1.29, 1.82) is 0 Å². The van der Waals surface area contributed by atoms with Gasteiger partial charge in [0.15, 0.2) is 0 Å². The topological polar surface area (TPSA) is 72.9 Å². The summed E-state index contributed by atoms with van der Waals surface area (Å²) in [5, 5.41) is 2.96. The van der Waals surface area contributed by atoms with E-state index in [1.807, 2.05) is 24.3 Å². The van der Waals surface area contributed by atoms with E-state index in [2.05, 4.69) is 17.2 Å². The minimum absolute atomic E-state index is 0.0216. The number of benzene rings is 1. The average molecular weight is 379 g/mol. The summed E-state index contributed by atoms with van der Waals surface area (Å²) in [7, 11) is 0. The Hall–Kier alpha value is -2.80. The molecule has 1 aliphatic carbocycles. The molecule has 7 nitrogen and oxygen atoms in total. The molecule has 2 unspecified atom stereocenters. The number of rotatable bonds is 3. The van der Waals surface area contributed by atoms with Crippen LogP contribution in [0.25, 0.3) is 0 Å².